The first-order valence-corrected chi connectivity index (χ1v) is 22.2. The van der Waals surface area contributed by atoms with Crippen LogP contribution in [0.5, 0.6) is 0 Å². The van der Waals surface area contributed by atoms with Crippen LogP contribution >= 0.6 is 0 Å². The third-order valence-corrected chi connectivity index (χ3v) is 12.5. The van der Waals surface area contributed by atoms with Gasteiger partial charge in [-0.3, -0.25) is 19.4 Å². The summed E-state index contributed by atoms with van der Waals surface area (Å²) in [7, 11) is 0. The summed E-state index contributed by atoms with van der Waals surface area (Å²) in [5.74, 6) is 0.00693. The number of hydrogen-bond acceptors (Lipinski definition) is 9. The van der Waals surface area contributed by atoms with Crippen LogP contribution in [0.25, 0.3) is 0 Å². The average Bonchev–Trinajstić information content (AvgIpc) is 3.99. The molecule has 4 aliphatic rings. The van der Waals surface area contributed by atoms with Gasteiger partial charge in [-0.2, -0.15) is 0 Å². The van der Waals surface area contributed by atoms with E-state index in [-0.39, 0.29) is 23.9 Å². The van der Waals surface area contributed by atoms with E-state index in [2.05, 4.69) is 39.8 Å². The minimum Gasteiger partial charge on any atom is -0.444 e. The molecule has 4 fully saturated rings. The van der Waals surface area contributed by atoms with E-state index < -0.39 is 35.5 Å². The lowest BCUT2D eigenvalue weighted by Gasteiger charge is -2.34. The molecule has 0 radical (unpaired) electrons. The van der Waals surface area contributed by atoms with Crippen LogP contribution < -0.4 is 27.0 Å². The largest absolute Gasteiger partial charge is 0.444 e. The zero-order chi connectivity index (χ0) is 43.6. The third kappa shape index (κ3) is 10.2. The Morgan fingerprint density at radius 3 is 1.39 bits per heavy atom. The highest BCUT2D eigenvalue weighted by molar-refractivity contribution is 6.00. The number of ether oxygens (including phenoxy) is 2. The molecule has 3 aromatic rings. The van der Waals surface area contributed by atoms with E-state index in [1.54, 1.807) is 0 Å². The summed E-state index contributed by atoms with van der Waals surface area (Å²) < 4.78 is 11.2. The van der Waals surface area contributed by atoms with Gasteiger partial charge in [0, 0.05) is 18.8 Å². The summed E-state index contributed by atoms with van der Waals surface area (Å²) in [5, 5.41) is 5.99. The van der Waals surface area contributed by atoms with Gasteiger partial charge in [0.05, 0.1) is 34.8 Å². The molecule has 13 heteroatoms. The number of likely N-dealkylation sites (tertiary alicyclic amines) is 2. The maximum atomic E-state index is 13.6. The van der Waals surface area contributed by atoms with Crippen LogP contribution in [-0.2, 0) is 19.1 Å². The van der Waals surface area contributed by atoms with Crippen LogP contribution in [0.4, 0.5) is 38.0 Å². The summed E-state index contributed by atoms with van der Waals surface area (Å²) in [4.78, 5) is 58.4. The molecule has 3 saturated heterocycles. The van der Waals surface area contributed by atoms with Crippen LogP contribution in [0.2, 0.25) is 0 Å². The van der Waals surface area contributed by atoms with Gasteiger partial charge in [0.2, 0.25) is 11.8 Å². The highest BCUT2D eigenvalue weighted by atomic mass is 16.6. The van der Waals surface area contributed by atoms with E-state index in [1.165, 1.54) is 47.5 Å². The molecule has 328 valence electrons. The lowest BCUT2D eigenvalue weighted by molar-refractivity contribution is -0.121. The van der Waals surface area contributed by atoms with Gasteiger partial charge in [-0.25, -0.2) is 9.59 Å². The lowest BCUT2D eigenvalue weighted by atomic mass is 9.84. The quantitative estimate of drug-likeness (QED) is 0.161. The minimum atomic E-state index is -0.664. The Kier molecular flexibility index (Phi) is 12.8. The zero-order valence-corrected chi connectivity index (χ0v) is 36.8. The van der Waals surface area contributed by atoms with Crippen molar-refractivity contribution in [3.63, 3.8) is 0 Å². The van der Waals surface area contributed by atoms with Gasteiger partial charge in [0.15, 0.2) is 0 Å². The molecular weight excluding hydrogens is 771 g/mol. The second kappa shape index (κ2) is 17.9. The summed E-state index contributed by atoms with van der Waals surface area (Å²) in [6.45, 7) is 11.8. The van der Waals surface area contributed by atoms with Crippen molar-refractivity contribution < 1.29 is 28.7 Å². The zero-order valence-electron chi connectivity index (χ0n) is 36.8. The summed E-state index contributed by atoms with van der Waals surface area (Å²) >= 11 is 0. The van der Waals surface area contributed by atoms with Gasteiger partial charge in [-0.1, -0.05) is 43.5 Å². The number of carbonyl (C=O) groups excluding carboxylic acids is 4. The van der Waals surface area contributed by atoms with E-state index in [0.717, 1.165) is 29.7 Å². The molecule has 4 atom stereocenters. The van der Waals surface area contributed by atoms with E-state index in [9.17, 15) is 19.2 Å². The SMILES string of the molecule is CC(C)(C)OC(=O)N1CCCC1C(=O)Nc1ccc(C2CCC(c3ccc(NC(=O)C4CCCN4C(=O)OC(C)(C)C)c(N)c3)N2c2ccc(C3CCCCC3)cc2)cc1N. The molecule has 0 aromatic heterocycles. The number of nitrogens with two attached hydrogens (primary N) is 2. The highest BCUT2D eigenvalue weighted by Gasteiger charge is 2.40. The lowest BCUT2D eigenvalue weighted by Crippen LogP contribution is -2.45. The number of carbonyl (C=O) groups is 4. The van der Waals surface area contributed by atoms with Crippen molar-refractivity contribution in [3.05, 3.63) is 77.4 Å². The number of nitrogen functional groups attached to an aromatic ring is 2. The van der Waals surface area contributed by atoms with Gasteiger partial charge in [-0.05, 0) is 152 Å². The molecule has 7 rings (SSSR count). The predicted octanol–water partition coefficient (Wildman–Crippen LogP) is 9.66. The molecule has 13 nitrogen and oxygen atoms in total. The Bertz CT molecular complexity index is 1970. The highest BCUT2D eigenvalue weighted by Crippen LogP contribution is 2.48. The maximum Gasteiger partial charge on any atom is 0.410 e. The molecule has 1 aliphatic carbocycles. The standard InChI is InChI=1S/C48H65N7O6/c1-47(2,3)60-45(58)53-26-10-14-41(53)43(56)51-37-22-18-32(28-35(37)49)39-24-25-40(55(39)34-20-16-31(17-21-34)30-12-8-7-9-13-30)33-19-23-38(36(50)29-33)52-44(57)42-15-11-27-54(42)46(59)61-48(4,5)6/h16-23,28-30,39-42H,7-15,24-27,49-50H2,1-6H3,(H,51,56)(H,52,57). The van der Waals surface area contributed by atoms with Crippen molar-refractivity contribution in [1.82, 2.24) is 9.80 Å². The van der Waals surface area contributed by atoms with Crippen LogP contribution in [0.3, 0.4) is 0 Å². The number of amides is 4. The Labute approximate surface area is 360 Å². The minimum absolute atomic E-state index is 0.0307. The second-order valence-corrected chi connectivity index (χ2v) is 19.3. The molecule has 3 aromatic carbocycles. The maximum absolute atomic E-state index is 13.6. The molecule has 4 unspecified atom stereocenters. The second-order valence-electron chi connectivity index (χ2n) is 19.3. The van der Waals surface area contributed by atoms with Crippen LogP contribution in [-0.4, -0.2) is 70.2 Å². The fourth-order valence-corrected chi connectivity index (χ4v) is 9.57. The smallest absolute Gasteiger partial charge is 0.410 e. The molecular formula is C48H65N7O6. The van der Waals surface area contributed by atoms with Gasteiger partial charge in [0.25, 0.3) is 0 Å². The molecule has 3 aliphatic heterocycles. The van der Waals surface area contributed by atoms with Crippen molar-refractivity contribution in [2.75, 3.05) is 40.1 Å². The third-order valence-electron chi connectivity index (χ3n) is 12.5. The number of nitrogens with zero attached hydrogens (tertiary/aromatic N) is 3. The molecule has 3 heterocycles. The Morgan fingerprint density at radius 1 is 0.557 bits per heavy atom. The number of anilines is 5. The Hall–Kier alpha value is -5.46. The Morgan fingerprint density at radius 2 is 0.984 bits per heavy atom. The summed E-state index contributed by atoms with van der Waals surface area (Å²) in [6, 6.07) is 19.4. The van der Waals surface area contributed by atoms with E-state index in [4.69, 9.17) is 20.9 Å². The van der Waals surface area contributed by atoms with Crippen molar-refractivity contribution in [1.29, 1.82) is 0 Å². The van der Waals surface area contributed by atoms with Crippen molar-refractivity contribution in [2.45, 2.75) is 153 Å². The molecule has 6 N–H and O–H groups in total. The van der Waals surface area contributed by atoms with Gasteiger partial charge < -0.3 is 36.5 Å². The molecule has 0 bridgehead atoms. The number of benzene rings is 3. The van der Waals surface area contributed by atoms with E-state index in [1.807, 2.05) is 77.9 Å². The average molecular weight is 836 g/mol. The number of hydrogen-bond donors (Lipinski definition) is 4. The first-order valence-electron chi connectivity index (χ1n) is 22.2. The van der Waals surface area contributed by atoms with Gasteiger partial charge in [0.1, 0.15) is 23.3 Å². The van der Waals surface area contributed by atoms with Gasteiger partial charge >= 0.3 is 12.2 Å². The summed E-state index contributed by atoms with van der Waals surface area (Å²) in [6.07, 6.45) is 9.50. The first kappa shape index (κ1) is 43.6. The van der Waals surface area contributed by atoms with E-state index in [0.29, 0.717) is 67.4 Å². The predicted molar refractivity (Wildman–Crippen MR) is 240 cm³/mol. The number of nitrogens with one attached hydrogen (secondary N) is 2. The molecule has 61 heavy (non-hydrogen) atoms. The fourth-order valence-electron chi connectivity index (χ4n) is 9.57. The first-order chi connectivity index (χ1) is 29.0. The van der Waals surface area contributed by atoms with Gasteiger partial charge in [-0.15, -0.1) is 0 Å². The van der Waals surface area contributed by atoms with Crippen molar-refractivity contribution >= 4 is 52.4 Å². The number of rotatable bonds is 8. The van der Waals surface area contributed by atoms with Crippen LogP contribution in [0.15, 0.2) is 60.7 Å². The fraction of sp³-hybridized carbons (Fsp3) is 0.542. The molecule has 1 saturated carbocycles. The topological polar surface area (TPSA) is 173 Å². The van der Waals surface area contributed by atoms with Crippen molar-refractivity contribution in [3.8, 4) is 0 Å². The molecule has 0 spiro atoms. The van der Waals surface area contributed by atoms with E-state index >= 15 is 0 Å². The van der Waals surface area contributed by atoms with Crippen LogP contribution in [0, 0.1) is 0 Å². The summed E-state index contributed by atoms with van der Waals surface area (Å²) in [5.41, 5.74) is 18.5. The molecule has 4 amide bonds. The normalized spacial score (nSPS) is 22.3. The monoisotopic (exact) mass is 835 g/mol. The Balaban J connectivity index is 1.11. The van der Waals surface area contributed by atoms with Crippen LogP contribution in [0.1, 0.15) is 147 Å². The van der Waals surface area contributed by atoms with Crippen molar-refractivity contribution in [2.24, 2.45) is 0 Å².